The van der Waals surface area contributed by atoms with Gasteiger partial charge in [-0.05, 0) is 30.2 Å². The summed E-state index contributed by atoms with van der Waals surface area (Å²) in [5, 5.41) is 9.07. The van der Waals surface area contributed by atoms with Crippen molar-refractivity contribution in [3.8, 4) is 0 Å². The van der Waals surface area contributed by atoms with Crippen LogP contribution in [0.25, 0.3) is 0 Å². The molecule has 1 atom stereocenters. The Morgan fingerprint density at radius 2 is 2.14 bits per heavy atom. The summed E-state index contributed by atoms with van der Waals surface area (Å²) in [7, 11) is 0. The van der Waals surface area contributed by atoms with E-state index in [1.165, 1.54) is 18.2 Å². The highest BCUT2D eigenvalue weighted by Gasteiger charge is 2.10. The van der Waals surface area contributed by atoms with Crippen LogP contribution in [0.4, 0.5) is 4.39 Å². The number of benzene rings is 1. The van der Waals surface area contributed by atoms with Crippen molar-refractivity contribution in [3.05, 3.63) is 34.6 Å². The van der Waals surface area contributed by atoms with Gasteiger partial charge in [0.05, 0.1) is 0 Å². The molecule has 80 valence electrons. The molecule has 0 unspecified atom stereocenters. The average Bonchev–Trinajstić information content (AvgIpc) is 2.09. The second-order valence-electron chi connectivity index (χ2n) is 2.78. The minimum Gasteiger partial charge on any atom is -0.396 e. The Morgan fingerprint density at radius 3 is 2.71 bits per heavy atom. The molecule has 0 radical (unpaired) electrons. The molecule has 14 heavy (non-hydrogen) atoms. The SMILES string of the molecule is Cl.N[C@@H](CCO)c1cc(F)ccc1Cl. The quantitative estimate of drug-likeness (QED) is 0.851. The maximum absolute atomic E-state index is 12.8. The molecule has 1 aromatic rings. The number of halogens is 3. The fraction of sp³-hybridized carbons (Fsp3) is 0.333. The van der Waals surface area contributed by atoms with E-state index in [9.17, 15) is 4.39 Å². The first-order chi connectivity index (χ1) is 6.15. The van der Waals surface area contributed by atoms with Gasteiger partial charge < -0.3 is 10.8 Å². The lowest BCUT2D eigenvalue weighted by Gasteiger charge is -2.11. The van der Waals surface area contributed by atoms with Crippen LogP contribution in [0.15, 0.2) is 18.2 Å². The van der Waals surface area contributed by atoms with Crippen LogP contribution >= 0.6 is 24.0 Å². The van der Waals surface area contributed by atoms with Gasteiger partial charge in [-0.15, -0.1) is 12.4 Å². The maximum atomic E-state index is 12.8. The van der Waals surface area contributed by atoms with Crippen molar-refractivity contribution in [2.75, 3.05) is 6.61 Å². The van der Waals surface area contributed by atoms with Crippen LogP contribution in [0.5, 0.6) is 0 Å². The number of hydrogen-bond acceptors (Lipinski definition) is 2. The third-order valence-corrected chi connectivity index (χ3v) is 2.14. The molecule has 0 amide bonds. The standard InChI is InChI=1S/C9H11ClFNO.ClH/c10-8-2-1-6(11)5-7(8)9(12)3-4-13;/h1-2,5,9,13H,3-4,12H2;1H/t9-;/m0./s1. The molecule has 0 saturated heterocycles. The second kappa shape index (κ2) is 6.19. The van der Waals surface area contributed by atoms with E-state index < -0.39 is 6.04 Å². The molecule has 5 heteroatoms. The van der Waals surface area contributed by atoms with Gasteiger partial charge in [-0.25, -0.2) is 4.39 Å². The molecule has 0 fully saturated rings. The van der Waals surface area contributed by atoms with E-state index >= 15 is 0 Å². The molecule has 1 aromatic carbocycles. The van der Waals surface area contributed by atoms with Gasteiger partial charge in [0, 0.05) is 17.7 Å². The van der Waals surface area contributed by atoms with Crippen LogP contribution in [-0.4, -0.2) is 11.7 Å². The van der Waals surface area contributed by atoms with Gasteiger partial charge in [-0.2, -0.15) is 0 Å². The summed E-state index contributed by atoms with van der Waals surface area (Å²) in [6.07, 6.45) is 0.378. The zero-order valence-corrected chi connectivity index (χ0v) is 8.98. The minimum atomic E-state index is -0.409. The van der Waals surface area contributed by atoms with Crippen LogP contribution in [0.3, 0.4) is 0 Å². The van der Waals surface area contributed by atoms with Crippen molar-refractivity contribution in [1.29, 1.82) is 0 Å². The highest BCUT2D eigenvalue weighted by molar-refractivity contribution is 6.31. The van der Waals surface area contributed by atoms with E-state index in [4.69, 9.17) is 22.4 Å². The molecule has 3 N–H and O–H groups in total. The monoisotopic (exact) mass is 239 g/mol. The summed E-state index contributed by atoms with van der Waals surface area (Å²) < 4.78 is 12.8. The van der Waals surface area contributed by atoms with Gasteiger partial charge in [0.2, 0.25) is 0 Å². The van der Waals surface area contributed by atoms with E-state index in [2.05, 4.69) is 0 Å². The number of rotatable bonds is 3. The Hall–Kier alpha value is -0.350. The number of hydrogen-bond donors (Lipinski definition) is 2. The first kappa shape index (κ1) is 13.7. The summed E-state index contributed by atoms with van der Waals surface area (Å²) in [6.45, 7) is -0.0337. The molecule has 2 nitrogen and oxygen atoms in total. The van der Waals surface area contributed by atoms with Crippen LogP contribution in [0.1, 0.15) is 18.0 Å². The van der Waals surface area contributed by atoms with Gasteiger partial charge in [0.1, 0.15) is 5.82 Å². The Bertz CT molecular complexity index is 296. The predicted octanol–water partition coefficient (Wildman–Crippen LogP) is 2.28. The maximum Gasteiger partial charge on any atom is 0.123 e. The van der Waals surface area contributed by atoms with Crippen molar-refractivity contribution in [3.63, 3.8) is 0 Å². The fourth-order valence-electron chi connectivity index (χ4n) is 1.09. The third kappa shape index (κ3) is 3.42. The molecular weight excluding hydrogens is 228 g/mol. The van der Waals surface area contributed by atoms with E-state index in [0.29, 0.717) is 17.0 Å². The molecule has 0 aliphatic carbocycles. The predicted molar refractivity (Wildman–Crippen MR) is 57.3 cm³/mol. The lowest BCUT2D eigenvalue weighted by atomic mass is 10.1. The van der Waals surface area contributed by atoms with Crippen molar-refractivity contribution in [1.82, 2.24) is 0 Å². The van der Waals surface area contributed by atoms with E-state index in [-0.39, 0.29) is 24.8 Å². The summed E-state index contributed by atoms with van der Waals surface area (Å²) in [5.74, 6) is -0.368. The second-order valence-corrected chi connectivity index (χ2v) is 3.19. The number of aliphatic hydroxyl groups is 1. The van der Waals surface area contributed by atoms with Gasteiger partial charge in [0.25, 0.3) is 0 Å². The Balaban J connectivity index is 0.00000169. The normalized spacial score (nSPS) is 12.0. The van der Waals surface area contributed by atoms with Crippen molar-refractivity contribution >= 4 is 24.0 Å². The smallest absolute Gasteiger partial charge is 0.123 e. The minimum absolute atomic E-state index is 0. The first-order valence-electron chi connectivity index (χ1n) is 3.96. The molecule has 0 aliphatic rings. The Morgan fingerprint density at radius 1 is 1.50 bits per heavy atom. The van der Waals surface area contributed by atoms with Gasteiger partial charge >= 0.3 is 0 Å². The van der Waals surface area contributed by atoms with E-state index in [0.717, 1.165) is 0 Å². The van der Waals surface area contributed by atoms with Crippen molar-refractivity contribution < 1.29 is 9.50 Å². The zero-order valence-electron chi connectivity index (χ0n) is 7.41. The highest BCUT2D eigenvalue weighted by atomic mass is 35.5. The Labute approximate surface area is 93.3 Å². The molecule has 1 rings (SSSR count). The summed E-state index contributed by atoms with van der Waals surface area (Å²) in [6, 6.07) is 3.62. The molecule has 0 bridgehead atoms. The summed E-state index contributed by atoms with van der Waals surface area (Å²) in [4.78, 5) is 0. The molecule has 0 aromatic heterocycles. The summed E-state index contributed by atoms with van der Waals surface area (Å²) >= 11 is 5.80. The molecule has 0 aliphatic heterocycles. The zero-order chi connectivity index (χ0) is 9.84. The molecule has 0 saturated carbocycles. The average molecular weight is 240 g/mol. The van der Waals surface area contributed by atoms with Gasteiger partial charge in [0.15, 0.2) is 0 Å². The number of aliphatic hydroxyl groups excluding tert-OH is 1. The van der Waals surface area contributed by atoms with Crippen LogP contribution in [-0.2, 0) is 0 Å². The highest BCUT2D eigenvalue weighted by Crippen LogP contribution is 2.23. The van der Waals surface area contributed by atoms with Crippen LogP contribution in [0, 0.1) is 5.82 Å². The van der Waals surface area contributed by atoms with Gasteiger partial charge in [-0.3, -0.25) is 0 Å². The summed E-state index contributed by atoms with van der Waals surface area (Å²) in [5.41, 5.74) is 6.20. The first-order valence-corrected chi connectivity index (χ1v) is 4.34. The fourth-order valence-corrected chi connectivity index (χ4v) is 1.35. The lowest BCUT2D eigenvalue weighted by molar-refractivity contribution is 0.276. The van der Waals surface area contributed by atoms with Crippen molar-refractivity contribution in [2.45, 2.75) is 12.5 Å². The van der Waals surface area contributed by atoms with Crippen LogP contribution in [0.2, 0.25) is 5.02 Å². The van der Waals surface area contributed by atoms with Crippen LogP contribution < -0.4 is 5.73 Å². The molecular formula is C9H12Cl2FNO. The lowest BCUT2D eigenvalue weighted by Crippen LogP contribution is -2.12. The molecule has 0 spiro atoms. The largest absolute Gasteiger partial charge is 0.396 e. The third-order valence-electron chi connectivity index (χ3n) is 1.80. The van der Waals surface area contributed by atoms with Gasteiger partial charge in [-0.1, -0.05) is 11.6 Å². The molecule has 0 heterocycles. The van der Waals surface area contributed by atoms with Crippen molar-refractivity contribution in [2.24, 2.45) is 5.73 Å². The topological polar surface area (TPSA) is 46.2 Å². The Kier molecular flexibility index (Phi) is 6.04. The van der Waals surface area contributed by atoms with E-state index in [1.807, 2.05) is 0 Å². The number of nitrogens with two attached hydrogens (primary N) is 1. The van der Waals surface area contributed by atoms with E-state index in [1.54, 1.807) is 0 Å².